The smallest absolute Gasteiger partial charge is 0.176 e. The average molecular weight is 382 g/mol. The number of benzene rings is 2. The zero-order valence-electron chi connectivity index (χ0n) is 14.4. The number of halogens is 2. The van der Waals surface area contributed by atoms with Crippen LogP contribution in [-0.2, 0) is 6.42 Å². The maximum Gasteiger partial charge on any atom is 0.176 e. The van der Waals surface area contributed by atoms with Crippen molar-refractivity contribution in [1.82, 2.24) is 0 Å². The van der Waals surface area contributed by atoms with Gasteiger partial charge in [0.2, 0.25) is 0 Å². The Morgan fingerprint density at radius 2 is 1.96 bits per heavy atom. The Morgan fingerprint density at radius 3 is 2.52 bits per heavy atom. The second-order valence-corrected chi connectivity index (χ2v) is 6.77. The van der Waals surface area contributed by atoms with E-state index in [-0.39, 0.29) is 34.8 Å². The average Bonchev–Trinajstić information content (AvgIpc) is 2.58. The van der Waals surface area contributed by atoms with Crippen molar-refractivity contribution in [3.05, 3.63) is 51.0 Å². The van der Waals surface area contributed by atoms with Gasteiger partial charge < -0.3 is 15.6 Å². The lowest BCUT2D eigenvalue weighted by Crippen LogP contribution is -2.16. The van der Waals surface area contributed by atoms with Gasteiger partial charge in [-0.25, -0.2) is 0 Å². The molecule has 0 aliphatic carbocycles. The van der Waals surface area contributed by atoms with Crippen LogP contribution in [0.5, 0.6) is 17.2 Å². The Kier molecular flexibility index (Phi) is 6.33. The zero-order valence-corrected chi connectivity index (χ0v) is 15.9. The first-order chi connectivity index (χ1) is 11.8. The van der Waals surface area contributed by atoms with Gasteiger partial charge in [-0.05, 0) is 42.2 Å². The molecule has 0 saturated carbocycles. The van der Waals surface area contributed by atoms with Crippen LogP contribution >= 0.6 is 23.2 Å². The summed E-state index contributed by atoms with van der Waals surface area (Å²) < 4.78 is 5.88. The van der Waals surface area contributed by atoms with Crippen molar-refractivity contribution in [2.45, 2.75) is 33.1 Å². The van der Waals surface area contributed by atoms with Gasteiger partial charge in [-0.1, -0.05) is 44.0 Å². The maximum atomic E-state index is 12.0. The third-order valence-electron chi connectivity index (χ3n) is 3.96. The molecule has 0 aliphatic heterocycles. The SMILES string of the molecule is CCc1c(C(=O)CN)cc(Cl)c(Oc2ccc(O)c(C(C)C)c2)c1Cl. The molecular weight excluding hydrogens is 361 g/mol. The number of aromatic hydroxyl groups is 1. The van der Waals surface area contributed by atoms with E-state index in [0.29, 0.717) is 28.3 Å². The second kappa shape index (κ2) is 8.09. The highest BCUT2D eigenvalue weighted by atomic mass is 35.5. The highest BCUT2D eigenvalue weighted by Gasteiger charge is 2.20. The van der Waals surface area contributed by atoms with Gasteiger partial charge in [0.1, 0.15) is 11.5 Å². The number of carbonyl (C=O) groups excluding carboxylic acids is 1. The number of nitrogens with two attached hydrogens (primary N) is 1. The van der Waals surface area contributed by atoms with Crippen LogP contribution in [0.3, 0.4) is 0 Å². The van der Waals surface area contributed by atoms with Crippen molar-refractivity contribution in [3.8, 4) is 17.2 Å². The van der Waals surface area contributed by atoms with Crippen molar-refractivity contribution < 1.29 is 14.6 Å². The molecular formula is C19H21Cl2NO3. The lowest BCUT2D eigenvalue weighted by Gasteiger charge is -2.17. The number of carbonyl (C=O) groups is 1. The van der Waals surface area contributed by atoms with Crippen molar-refractivity contribution in [2.24, 2.45) is 5.73 Å². The third kappa shape index (κ3) is 4.09. The standard InChI is InChI=1S/C19H21Cl2NO3/c1-4-12-14(17(24)9-22)8-15(20)19(18(12)21)25-11-5-6-16(23)13(7-11)10(2)3/h5-8,10,23H,4,9,22H2,1-3H3. The van der Waals surface area contributed by atoms with Crippen molar-refractivity contribution in [3.63, 3.8) is 0 Å². The first kappa shape index (κ1) is 19.6. The normalized spacial score (nSPS) is 11.0. The van der Waals surface area contributed by atoms with Gasteiger partial charge in [0.25, 0.3) is 0 Å². The lowest BCUT2D eigenvalue weighted by atomic mass is 10.0. The first-order valence-electron chi connectivity index (χ1n) is 8.05. The number of phenols is 1. The monoisotopic (exact) mass is 381 g/mol. The van der Waals surface area contributed by atoms with E-state index in [1.165, 1.54) is 0 Å². The number of hydrogen-bond donors (Lipinski definition) is 2. The van der Waals surface area contributed by atoms with Crippen LogP contribution < -0.4 is 10.5 Å². The molecule has 0 bridgehead atoms. The van der Waals surface area contributed by atoms with Crippen LogP contribution in [-0.4, -0.2) is 17.4 Å². The summed E-state index contributed by atoms with van der Waals surface area (Å²) in [6, 6.07) is 6.50. The Balaban J connectivity index is 2.50. The third-order valence-corrected chi connectivity index (χ3v) is 4.64. The van der Waals surface area contributed by atoms with Gasteiger partial charge in [-0.3, -0.25) is 4.79 Å². The van der Waals surface area contributed by atoms with E-state index in [0.717, 1.165) is 5.56 Å². The molecule has 25 heavy (non-hydrogen) atoms. The van der Waals surface area contributed by atoms with E-state index in [1.54, 1.807) is 24.3 Å². The first-order valence-corrected chi connectivity index (χ1v) is 8.80. The van der Waals surface area contributed by atoms with E-state index in [9.17, 15) is 9.90 Å². The van der Waals surface area contributed by atoms with Gasteiger partial charge in [0, 0.05) is 11.1 Å². The molecule has 0 heterocycles. The van der Waals surface area contributed by atoms with E-state index in [1.807, 2.05) is 20.8 Å². The summed E-state index contributed by atoms with van der Waals surface area (Å²) in [5, 5.41) is 10.5. The molecule has 0 fully saturated rings. The quantitative estimate of drug-likeness (QED) is 0.664. The molecule has 0 aliphatic rings. The van der Waals surface area contributed by atoms with Gasteiger partial charge in [-0.15, -0.1) is 0 Å². The summed E-state index contributed by atoms with van der Waals surface area (Å²) >= 11 is 12.7. The van der Waals surface area contributed by atoms with Gasteiger partial charge in [-0.2, -0.15) is 0 Å². The molecule has 0 unspecified atom stereocenters. The Bertz CT molecular complexity index is 804. The van der Waals surface area contributed by atoms with E-state index in [4.69, 9.17) is 33.7 Å². The van der Waals surface area contributed by atoms with Crippen molar-refractivity contribution in [1.29, 1.82) is 0 Å². The summed E-state index contributed by atoms with van der Waals surface area (Å²) in [6.45, 7) is 5.72. The summed E-state index contributed by atoms with van der Waals surface area (Å²) in [6.07, 6.45) is 0.542. The molecule has 2 aromatic carbocycles. The fourth-order valence-corrected chi connectivity index (χ4v) is 3.28. The molecule has 6 heteroatoms. The minimum absolute atomic E-state index is 0.116. The summed E-state index contributed by atoms with van der Waals surface area (Å²) in [5.74, 6) is 0.904. The Morgan fingerprint density at radius 1 is 1.28 bits per heavy atom. The molecule has 0 saturated heterocycles. The molecule has 0 aromatic heterocycles. The van der Waals surface area contributed by atoms with Gasteiger partial charge in [0.15, 0.2) is 11.5 Å². The Labute approximate surface area is 157 Å². The number of phenolic OH excluding ortho intramolecular Hbond substituents is 1. The van der Waals surface area contributed by atoms with E-state index < -0.39 is 0 Å². The predicted octanol–water partition coefficient (Wildman–Crippen LogP) is 5.32. The number of rotatable bonds is 6. The van der Waals surface area contributed by atoms with Crippen LogP contribution in [0.15, 0.2) is 24.3 Å². The summed E-state index contributed by atoms with van der Waals surface area (Å²) in [7, 11) is 0. The van der Waals surface area contributed by atoms with Crippen LogP contribution in [0, 0.1) is 0 Å². The molecule has 0 radical (unpaired) electrons. The van der Waals surface area contributed by atoms with Crippen LogP contribution in [0.1, 0.15) is 48.2 Å². The lowest BCUT2D eigenvalue weighted by molar-refractivity contribution is 0.100. The summed E-state index contributed by atoms with van der Waals surface area (Å²) in [5.41, 5.74) is 7.29. The number of ether oxygens (including phenoxy) is 1. The minimum Gasteiger partial charge on any atom is -0.508 e. The maximum absolute atomic E-state index is 12.0. The topological polar surface area (TPSA) is 72.6 Å². The van der Waals surface area contributed by atoms with Crippen molar-refractivity contribution >= 4 is 29.0 Å². The highest BCUT2D eigenvalue weighted by molar-refractivity contribution is 6.38. The molecule has 2 aromatic rings. The van der Waals surface area contributed by atoms with Gasteiger partial charge >= 0.3 is 0 Å². The molecule has 0 atom stereocenters. The molecule has 134 valence electrons. The molecule has 3 N–H and O–H groups in total. The highest BCUT2D eigenvalue weighted by Crippen LogP contribution is 2.41. The zero-order chi connectivity index (χ0) is 18.7. The van der Waals surface area contributed by atoms with Gasteiger partial charge in [0.05, 0.1) is 16.6 Å². The summed E-state index contributed by atoms with van der Waals surface area (Å²) in [4.78, 5) is 12.0. The van der Waals surface area contributed by atoms with E-state index in [2.05, 4.69) is 0 Å². The molecule has 2 rings (SSSR count). The second-order valence-electron chi connectivity index (χ2n) is 5.99. The molecule has 0 amide bonds. The molecule has 4 nitrogen and oxygen atoms in total. The number of hydrogen-bond acceptors (Lipinski definition) is 4. The van der Waals surface area contributed by atoms with Crippen LogP contribution in [0.2, 0.25) is 10.0 Å². The largest absolute Gasteiger partial charge is 0.508 e. The van der Waals surface area contributed by atoms with Crippen molar-refractivity contribution in [2.75, 3.05) is 6.54 Å². The predicted molar refractivity (Wildman–Crippen MR) is 101 cm³/mol. The van der Waals surface area contributed by atoms with Crippen LogP contribution in [0.25, 0.3) is 0 Å². The number of ketones is 1. The fraction of sp³-hybridized carbons (Fsp3) is 0.316. The van der Waals surface area contributed by atoms with Crippen LogP contribution in [0.4, 0.5) is 0 Å². The number of Topliss-reactive ketones (excluding diaryl/α,β-unsaturated/α-hetero) is 1. The fourth-order valence-electron chi connectivity index (χ4n) is 2.61. The minimum atomic E-state index is -0.223. The Hall–Kier alpha value is -1.75. The molecule has 0 spiro atoms. The van der Waals surface area contributed by atoms with E-state index >= 15 is 0 Å².